The van der Waals surface area contributed by atoms with E-state index in [4.69, 9.17) is 5.26 Å². The number of nitrogens with zero attached hydrogens (tertiary/aromatic N) is 2. The van der Waals surface area contributed by atoms with Gasteiger partial charge >= 0.3 is 5.97 Å². The van der Waals surface area contributed by atoms with Crippen LogP contribution in [0.5, 0.6) is 0 Å². The average molecular weight is 462 g/mol. The molecule has 34 heavy (non-hydrogen) atoms. The number of carboxylic acid groups (broad SMARTS) is 1. The number of likely N-dealkylation sites (tertiary alicyclic amines) is 1. The molecule has 7 heteroatoms. The van der Waals surface area contributed by atoms with Gasteiger partial charge in [-0.15, -0.1) is 0 Å². The van der Waals surface area contributed by atoms with Crippen molar-refractivity contribution in [1.82, 2.24) is 10.2 Å². The molecular formula is C27H31N3O4. The van der Waals surface area contributed by atoms with Crippen molar-refractivity contribution in [2.24, 2.45) is 5.92 Å². The van der Waals surface area contributed by atoms with E-state index in [1.807, 2.05) is 30.3 Å². The first-order valence-corrected chi connectivity index (χ1v) is 11.8. The van der Waals surface area contributed by atoms with Gasteiger partial charge in [0.1, 0.15) is 0 Å². The molecule has 0 saturated carbocycles. The Balaban J connectivity index is 1.47. The van der Waals surface area contributed by atoms with Crippen LogP contribution in [0.3, 0.4) is 0 Å². The predicted molar refractivity (Wildman–Crippen MR) is 128 cm³/mol. The summed E-state index contributed by atoms with van der Waals surface area (Å²) in [5, 5.41) is 21.0. The van der Waals surface area contributed by atoms with E-state index >= 15 is 0 Å². The Morgan fingerprint density at radius 3 is 2.38 bits per heavy atom. The molecular weight excluding hydrogens is 430 g/mol. The topological polar surface area (TPSA) is 111 Å². The van der Waals surface area contributed by atoms with Crippen LogP contribution in [-0.2, 0) is 27.2 Å². The highest BCUT2D eigenvalue weighted by Crippen LogP contribution is 2.27. The summed E-state index contributed by atoms with van der Waals surface area (Å²) in [6, 6.07) is 19.3. The predicted octanol–water partition coefficient (Wildman–Crippen LogP) is 3.32. The Morgan fingerprint density at radius 1 is 1.03 bits per heavy atom. The lowest BCUT2D eigenvalue weighted by Crippen LogP contribution is -2.42. The maximum Gasteiger partial charge on any atom is 0.304 e. The first-order chi connectivity index (χ1) is 16.5. The lowest BCUT2D eigenvalue weighted by atomic mass is 10.0. The zero-order chi connectivity index (χ0) is 24.3. The van der Waals surface area contributed by atoms with Gasteiger partial charge in [0.25, 0.3) is 0 Å². The molecule has 0 radical (unpaired) electrons. The number of carboxylic acids is 1. The Morgan fingerprint density at radius 2 is 1.71 bits per heavy atom. The second-order valence-corrected chi connectivity index (χ2v) is 8.77. The SMILES string of the molecule is N#Cc1ccc(CCCC(=O)NC[C@@H]2C[C@@H](CC(=O)O)C(=O)N2CCCc2ccccc2)cc1. The Kier molecular flexibility index (Phi) is 9.21. The number of aliphatic carboxylic acids is 1. The van der Waals surface area contributed by atoms with E-state index in [2.05, 4.69) is 23.5 Å². The summed E-state index contributed by atoms with van der Waals surface area (Å²) < 4.78 is 0. The lowest BCUT2D eigenvalue weighted by molar-refractivity contribution is -0.142. The van der Waals surface area contributed by atoms with Gasteiger partial charge in [-0.25, -0.2) is 0 Å². The van der Waals surface area contributed by atoms with Gasteiger partial charge in [0.2, 0.25) is 11.8 Å². The first kappa shape index (κ1) is 25.0. The van der Waals surface area contributed by atoms with Crippen LogP contribution in [0.4, 0.5) is 0 Å². The summed E-state index contributed by atoms with van der Waals surface area (Å²) in [7, 11) is 0. The van der Waals surface area contributed by atoms with E-state index in [-0.39, 0.29) is 24.3 Å². The molecule has 1 aliphatic heterocycles. The molecule has 178 valence electrons. The highest BCUT2D eigenvalue weighted by molar-refractivity contribution is 5.85. The highest BCUT2D eigenvalue weighted by atomic mass is 16.4. The Hall–Kier alpha value is -3.66. The maximum atomic E-state index is 12.8. The van der Waals surface area contributed by atoms with Gasteiger partial charge in [-0.05, 0) is 55.4 Å². The summed E-state index contributed by atoms with van der Waals surface area (Å²) in [6.07, 6.45) is 3.68. The van der Waals surface area contributed by atoms with Crippen molar-refractivity contribution < 1.29 is 19.5 Å². The Bertz CT molecular complexity index is 1010. The van der Waals surface area contributed by atoms with Crippen LogP contribution < -0.4 is 5.32 Å². The van der Waals surface area contributed by atoms with Crippen molar-refractivity contribution in [2.45, 2.75) is 51.0 Å². The van der Waals surface area contributed by atoms with Crippen LogP contribution in [0, 0.1) is 17.2 Å². The number of hydrogen-bond donors (Lipinski definition) is 2. The third kappa shape index (κ3) is 7.45. The summed E-state index contributed by atoms with van der Waals surface area (Å²) in [5.41, 5.74) is 2.89. The smallest absolute Gasteiger partial charge is 0.304 e. The number of nitriles is 1. The first-order valence-electron chi connectivity index (χ1n) is 11.8. The minimum absolute atomic E-state index is 0.0768. The molecule has 0 unspecified atom stereocenters. The number of carbonyl (C=O) groups excluding carboxylic acids is 2. The molecule has 0 spiro atoms. The lowest BCUT2D eigenvalue weighted by Gasteiger charge is -2.25. The van der Waals surface area contributed by atoms with E-state index in [1.165, 1.54) is 5.56 Å². The largest absolute Gasteiger partial charge is 0.481 e. The second-order valence-electron chi connectivity index (χ2n) is 8.77. The van der Waals surface area contributed by atoms with Gasteiger partial charge in [0, 0.05) is 25.6 Å². The molecule has 0 aliphatic carbocycles. The standard InChI is InChI=1S/C27H31N3O4/c28-18-22-13-11-21(12-14-22)8-4-10-25(31)29-19-24-16-23(17-26(32)33)27(34)30(24)15-5-9-20-6-2-1-3-7-20/h1-3,6-7,11-14,23-24H,4-5,8-10,15-17,19H2,(H,29,31)(H,32,33)/t23-,24-/m0/s1. The van der Waals surface area contributed by atoms with E-state index in [0.29, 0.717) is 37.9 Å². The molecule has 1 aliphatic rings. The van der Waals surface area contributed by atoms with Crippen LogP contribution in [0.25, 0.3) is 0 Å². The average Bonchev–Trinajstić information content (AvgIpc) is 3.12. The van der Waals surface area contributed by atoms with Crippen molar-refractivity contribution >= 4 is 17.8 Å². The van der Waals surface area contributed by atoms with Crippen LogP contribution in [0.1, 0.15) is 48.8 Å². The maximum absolute atomic E-state index is 12.8. The normalized spacial score (nSPS) is 17.4. The molecule has 0 aromatic heterocycles. The van der Waals surface area contributed by atoms with Gasteiger partial charge < -0.3 is 15.3 Å². The number of carbonyl (C=O) groups is 3. The number of amides is 2. The quantitative estimate of drug-likeness (QED) is 0.504. The molecule has 3 rings (SSSR count). The Labute approximate surface area is 200 Å². The van der Waals surface area contributed by atoms with Gasteiger partial charge in [0.05, 0.1) is 24.0 Å². The van der Waals surface area contributed by atoms with Crippen LogP contribution >= 0.6 is 0 Å². The van der Waals surface area contributed by atoms with Crippen molar-refractivity contribution in [2.75, 3.05) is 13.1 Å². The van der Waals surface area contributed by atoms with Crippen LogP contribution in [-0.4, -0.2) is 46.9 Å². The number of benzene rings is 2. The van der Waals surface area contributed by atoms with Gasteiger partial charge in [0.15, 0.2) is 0 Å². The third-order valence-electron chi connectivity index (χ3n) is 6.25. The summed E-state index contributed by atoms with van der Waals surface area (Å²) in [6.45, 7) is 0.881. The molecule has 2 amide bonds. The summed E-state index contributed by atoms with van der Waals surface area (Å²) in [5.74, 6) is -1.72. The van der Waals surface area contributed by atoms with Crippen molar-refractivity contribution in [1.29, 1.82) is 5.26 Å². The minimum Gasteiger partial charge on any atom is -0.481 e. The number of rotatable bonds is 12. The molecule has 2 atom stereocenters. The van der Waals surface area contributed by atoms with Gasteiger partial charge in [-0.3, -0.25) is 14.4 Å². The summed E-state index contributed by atoms with van der Waals surface area (Å²) >= 11 is 0. The minimum atomic E-state index is -0.977. The second kappa shape index (κ2) is 12.5. The fourth-order valence-electron chi connectivity index (χ4n) is 4.46. The fourth-order valence-corrected chi connectivity index (χ4v) is 4.46. The van der Waals surface area contributed by atoms with E-state index < -0.39 is 11.9 Å². The summed E-state index contributed by atoms with van der Waals surface area (Å²) in [4.78, 5) is 38.2. The van der Waals surface area contributed by atoms with Crippen molar-refractivity contribution in [3.05, 3.63) is 71.3 Å². The van der Waals surface area contributed by atoms with E-state index in [1.54, 1.807) is 17.0 Å². The monoisotopic (exact) mass is 461 g/mol. The zero-order valence-electron chi connectivity index (χ0n) is 19.3. The fraction of sp³-hybridized carbons (Fsp3) is 0.407. The molecule has 1 heterocycles. The van der Waals surface area contributed by atoms with Crippen molar-refractivity contribution in [3.63, 3.8) is 0 Å². The van der Waals surface area contributed by atoms with Crippen molar-refractivity contribution in [3.8, 4) is 6.07 Å². The highest BCUT2D eigenvalue weighted by Gasteiger charge is 2.39. The molecule has 2 N–H and O–H groups in total. The van der Waals surface area contributed by atoms with E-state index in [0.717, 1.165) is 24.8 Å². The molecule has 2 aromatic carbocycles. The number of hydrogen-bond acceptors (Lipinski definition) is 4. The molecule has 7 nitrogen and oxygen atoms in total. The van der Waals surface area contributed by atoms with Crippen LogP contribution in [0.15, 0.2) is 54.6 Å². The van der Waals surface area contributed by atoms with Crippen LogP contribution in [0.2, 0.25) is 0 Å². The molecule has 1 fully saturated rings. The number of nitrogens with one attached hydrogen (secondary N) is 1. The van der Waals surface area contributed by atoms with Gasteiger partial charge in [-0.2, -0.15) is 5.26 Å². The zero-order valence-corrected chi connectivity index (χ0v) is 19.3. The molecule has 0 bridgehead atoms. The molecule has 2 aromatic rings. The molecule has 1 saturated heterocycles. The van der Waals surface area contributed by atoms with E-state index in [9.17, 15) is 19.5 Å². The number of aryl methyl sites for hydroxylation is 2. The van der Waals surface area contributed by atoms with Gasteiger partial charge in [-0.1, -0.05) is 42.5 Å². The third-order valence-corrected chi connectivity index (χ3v) is 6.25.